The maximum absolute atomic E-state index is 11.5. The van der Waals surface area contributed by atoms with Crippen LogP contribution in [-0.2, 0) is 11.2 Å². The smallest absolute Gasteiger partial charge is 0.223 e. The van der Waals surface area contributed by atoms with Gasteiger partial charge in [-0.25, -0.2) is 4.99 Å². The summed E-state index contributed by atoms with van der Waals surface area (Å²) in [4.78, 5) is 20.7. The first kappa shape index (κ1) is 15.5. The summed E-state index contributed by atoms with van der Waals surface area (Å²) in [5.74, 6) is -0.0327. The fourth-order valence-electron chi connectivity index (χ4n) is 1.50. The first-order chi connectivity index (χ1) is 9.38. The van der Waals surface area contributed by atoms with Crippen molar-refractivity contribution in [1.82, 2.24) is 4.90 Å². The summed E-state index contributed by atoms with van der Waals surface area (Å²) >= 11 is 0. The van der Waals surface area contributed by atoms with Gasteiger partial charge in [-0.1, -0.05) is 12.1 Å². The molecule has 7 heteroatoms. The van der Waals surface area contributed by atoms with Gasteiger partial charge in [-0.2, -0.15) is 4.99 Å². The van der Waals surface area contributed by atoms with Crippen molar-refractivity contribution in [3.63, 3.8) is 0 Å². The van der Waals surface area contributed by atoms with Crippen LogP contribution in [0.5, 0.6) is 0 Å². The molecule has 1 aromatic rings. The van der Waals surface area contributed by atoms with Crippen LogP contribution < -0.4 is 17.2 Å². The Bertz CT molecular complexity index is 514. The van der Waals surface area contributed by atoms with Gasteiger partial charge in [0.1, 0.15) is 0 Å². The quantitative estimate of drug-likeness (QED) is 0.526. The predicted octanol–water partition coefficient (Wildman–Crippen LogP) is -0.0730. The molecule has 6 N–H and O–H groups in total. The number of rotatable bonds is 4. The van der Waals surface area contributed by atoms with E-state index >= 15 is 0 Å². The van der Waals surface area contributed by atoms with Gasteiger partial charge in [-0.05, 0) is 24.1 Å². The maximum atomic E-state index is 11.5. The molecule has 0 aromatic heterocycles. The van der Waals surface area contributed by atoms with E-state index in [-0.39, 0.29) is 17.8 Å². The van der Waals surface area contributed by atoms with Crippen LogP contribution in [0.15, 0.2) is 34.3 Å². The zero-order valence-electron chi connectivity index (χ0n) is 11.7. The van der Waals surface area contributed by atoms with Crippen molar-refractivity contribution in [3.8, 4) is 0 Å². The highest BCUT2D eigenvalue weighted by Gasteiger charge is 2.04. The van der Waals surface area contributed by atoms with E-state index in [1.807, 2.05) is 12.1 Å². The summed E-state index contributed by atoms with van der Waals surface area (Å²) in [6.45, 7) is 0. The zero-order valence-corrected chi connectivity index (χ0v) is 11.7. The molecule has 0 spiro atoms. The molecule has 0 bridgehead atoms. The molecule has 108 valence electrons. The highest BCUT2D eigenvalue weighted by Crippen LogP contribution is 2.14. The third kappa shape index (κ3) is 5.38. The summed E-state index contributed by atoms with van der Waals surface area (Å²) in [5.41, 5.74) is 17.6. The zero-order chi connectivity index (χ0) is 15.1. The molecular weight excluding hydrogens is 256 g/mol. The molecule has 0 aliphatic carbocycles. The number of nitrogens with zero attached hydrogens (tertiary/aromatic N) is 3. The number of amides is 1. The number of nitrogens with two attached hydrogens (primary N) is 3. The van der Waals surface area contributed by atoms with E-state index in [9.17, 15) is 4.79 Å². The second-order valence-corrected chi connectivity index (χ2v) is 4.46. The van der Waals surface area contributed by atoms with Crippen molar-refractivity contribution >= 4 is 23.5 Å². The van der Waals surface area contributed by atoms with E-state index in [4.69, 9.17) is 17.2 Å². The van der Waals surface area contributed by atoms with Crippen LogP contribution in [0.25, 0.3) is 0 Å². The molecule has 0 aliphatic rings. The SMILES string of the molecule is CN(C)C(=O)CCc1ccc(N=C(N)N=C(N)N)cc1. The van der Waals surface area contributed by atoms with Crippen LogP contribution in [-0.4, -0.2) is 36.8 Å². The molecule has 0 radical (unpaired) electrons. The Hall–Kier alpha value is -2.57. The molecule has 1 aromatic carbocycles. The molecule has 1 rings (SSSR count). The molecule has 20 heavy (non-hydrogen) atoms. The molecule has 7 nitrogen and oxygen atoms in total. The van der Waals surface area contributed by atoms with Crippen LogP contribution in [0, 0.1) is 0 Å². The number of aliphatic imine (C=N–C) groups is 2. The molecular formula is C13H20N6O. The lowest BCUT2D eigenvalue weighted by Crippen LogP contribution is -2.26. The minimum Gasteiger partial charge on any atom is -0.370 e. The van der Waals surface area contributed by atoms with Crippen molar-refractivity contribution in [1.29, 1.82) is 0 Å². The summed E-state index contributed by atoms with van der Waals surface area (Å²) in [6, 6.07) is 7.38. The average molecular weight is 276 g/mol. The first-order valence-electron chi connectivity index (χ1n) is 6.11. The minimum atomic E-state index is -0.134. The van der Waals surface area contributed by atoms with Gasteiger partial charge in [0.2, 0.25) is 11.9 Å². The van der Waals surface area contributed by atoms with E-state index in [0.29, 0.717) is 18.5 Å². The molecule has 0 atom stereocenters. The fraction of sp³-hybridized carbons (Fsp3) is 0.308. The Morgan fingerprint density at radius 3 is 2.25 bits per heavy atom. The van der Waals surface area contributed by atoms with E-state index < -0.39 is 0 Å². The highest BCUT2D eigenvalue weighted by molar-refractivity contribution is 5.93. The number of hydrogen-bond acceptors (Lipinski definition) is 2. The van der Waals surface area contributed by atoms with Crippen molar-refractivity contribution < 1.29 is 4.79 Å². The molecule has 0 saturated carbocycles. The van der Waals surface area contributed by atoms with Crippen LogP contribution in [0.2, 0.25) is 0 Å². The topological polar surface area (TPSA) is 123 Å². The van der Waals surface area contributed by atoms with Crippen LogP contribution in [0.4, 0.5) is 5.69 Å². The Labute approximate surface area is 118 Å². The van der Waals surface area contributed by atoms with Crippen LogP contribution >= 0.6 is 0 Å². The molecule has 0 saturated heterocycles. The summed E-state index contributed by atoms with van der Waals surface area (Å²) in [7, 11) is 3.49. The van der Waals surface area contributed by atoms with E-state index in [2.05, 4.69) is 9.98 Å². The van der Waals surface area contributed by atoms with E-state index in [1.54, 1.807) is 31.1 Å². The Morgan fingerprint density at radius 1 is 1.15 bits per heavy atom. The number of guanidine groups is 2. The van der Waals surface area contributed by atoms with Crippen molar-refractivity contribution in [2.75, 3.05) is 14.1 Å². The molecule has 0 fully saturated rings. The fourth-order valence-corrected chi connectivity index (χ4v) is 1.50. The normalized spacial score (nSPS) is 11.0. The Morgan fingerprint density at radius 2 is 1.75 bits per heavy atom. The summed E-state index contributed by atoms with van der Waals surface area (Å²) in [5, 5.41) is 0. The number of aryl methyl sites for hydroxylation is 1. The average Bonchev–Trinajstić information content (AvgIpc) is 2.36. The predicted molar refractivity (Wildman–Crippen MR) is 80.5 cm³/mol. The summed E-state index contributed by atoms with van der Waals surface area (Å²) < 4.78 is 0. The first-order valence-corrected chi connectivity index (χ1v) is 6.11. The highest BCUT2D eigenvalue weighted by atomic mass is 16.2. The van der Waals surface area contributed by atoms with Gasteiger partial charge in [0.05, 0.1) is 5.69 Å². The third-order valence-electron chi connectivity index (χ3n) is 2.55. The molecule has 0 unspecified atom stereocenters. The monoisotopic (exact) mass is 276 g/mol. The number of benzene rings is 1. The lowest BCUT2D eigenvalue weighted by molar-refractivity contribution is -0.128. The van der Waals surface area contributed by atoms with Gasteiger partial charge >= 0.3 is 0 Å². The van der Waals surface area contributed by atoms with Crippen molar-refractivity contribution in [2.45, 2.75) is 12.8 Å². The van der Waals surface area contributed by atoms with Crippen molar-refractivity contribution in [3.05, 3.63) is 29.8 Å². The Balaban J connectivity index is 2.65. The van der Waals surface area contributed by atoms with Gasteiger partial charge < -0.3 is 22.1 Å². The third-order valence-corrected chi connectivity index (χ3v) is 2.55. The standard InChI is InChI=1S/C13H20N6O/c1-19(2)11(20)8-5-9-3-6-10(7-4-9)17-13(16)18-12(14)15/h3-4,6-7H,5,8H2,1-2H3,(H6,14,15,16,17,18). The van der Waals surface area contributed by atoms with Crippen molar-refractivity contribution in [2.24, 2.45) is 27.2 Å². The maximum Gasteiger partial charge on any atom is 0.223 e. The second-order valence-electron chi connectivity index (χ2n) is 4.46. The van der Waals surface area contributed by atoms with E-state index in [0.717, 1.165) is 5.56 Å². The van der Waals surface area contributed by atoms with Crippen LogP contribution in [0.3, 0.4) is 0 Å². The van der Waals surface area contributed by atoms with Gasteiger partial charge in [-0.15, -0.1) is 0 Å². The Kier molecular flexibility index (Phi) is 5.52. The molecule has 0 aliphatic heterocycles. The number of carbonyl (C=O) groups is 1. The molecule has 1 amide bonds. The van der Waals surface area contributed by atoms with Gasteiger partial charge in [0.25, 0.3) is 0 Å². The molecule has 0 heterocycles. The lowest BCUT2D eigenvalue weighted by atomic mass is 10.1. The number of carbonyl (C=O) groups excluding carboxylic acids is 1. The number of hydrogen-bond donors (Lipinski definition) is 3. The van der Waals surface area contributed by atoms with Gasteiger partial charge in [-0.3, -0.25) is 4.79 Å². The largest absolute Gasteiger partial charge is 0.370 e. The minimum absolute atomic E-state index is 0.000496. The lowest BCUT2D eigenvalue weighted by Gasteiger charge is -2.09. The van der Waals surface area contributed by atoms with Crippen LogP contribution in [0.1, 0.15) is 12.0 Å². The van der Waals surface area contributed by atoms with Gasteiger partial charge in [0, 0.05) is 20.5 Å². The van der Waals surface area contributed by atoms with Gasteiger partial charge in [0.15, 0.2) is 5.96 Å². The summed E-state index contributed by atoms with van der Waals surface area (Å²) in [6.07, 6.45) is 1.16. The second kappa shape index (κ2) is 7.13. The van der Waals surface area contributed by atoms with E-state index in [1.165, 1.54) is 0 Å².